The quantitative estimate of drug-likeness (QED) is 0.846. The van der Waals surface area contributed by atoms with Crippen molar-refractivity contribution in [2.24, 2.45) is 5.92 Å². The van der Waals surface area contributed by atoms with Crippen molar-refractivity contribution < 1.29 is 9.53 Å². The molecule has 1 aromatic rings. The highest BCUT2D eigenvalue weighted by molar-refractivity contribution is 5.93. The van der Waals surface area contributed by atoms with Gasteiger partial charge in [-0.1, -0.05) is 19.1 Å². The highest BCUT2D eigenvalue weighted by atomic mass is 16.5. The standard InChI is InChI=1S/C17H26N2O2/c1-4-10-18-12(2)14-5-7-15(8-6-14)19-17(20)16-9-11-21-13(16)3/h5-8,12-13,16,18H,4,9-11H2,1-3H3,(H,19,20). The van der Waals surface area contributed by atoms with Crippen LogP contribution in [-0.2, 0) is 9.53 Å². The van der Waals surface area contributed by atoms with Crippen LogP contribution >= 0.6 is 0 Å². The van der Waals surface area contributed by atoms with Crippen molar-refractivity contribution >= 4 is 11.6 Å². The number of anilines is 1. The molecule has 1 amide bonds. The molecule has 0 aliphatic carbocycles. The molecule has 3 atom stereocenters. The lowest BCUT2D eigenvalue weighted by atomic mass is 10.0. The van der Waals surface area contributed by atoms with Crippen LogP contribution < -0.4 is 10.6 Å². The molecule has 0 bridgehead atoms. The maximum Gasteiger partial charge on any atom is 0.230 e. The van der Waals surface area contributed by atoms with E-state index in [1.54, 1.807) is 0 Å². The smallest absolute Gasteiger partial charge is 0.230 e. The van der Waals surface area contributed by atoms with Crippen LogP contribution in [0.5, 0.6) is 0 Å². The van der Waals surface area contributed by atoms with Gasteiger partial charge in [-0.15, -0.1) is 0 Å². The lowest BCUT2D eigenvalue weighted by Crippen LogP contribution is -2.27. The fourth-order valence-corrected chi connectivity index (χ4v) is 2.64. The normalized spacial score (nSPS) is 23.0. The van der Waals surface area contributed by atoms with Gasteiger partial charge < -0.3 is 15.4 Å². The molecule has 2 rings (SSSR count). The first-order chi connectivity index (χ1) is 10.1. The van der Waals surface area contributed by atoms with Gasteiger partial charge in [0.05, 0.1) is 12.0 Å². The molecule has 0 spiro atoms. The second-order valence-electron chi connectivity index (χ2n) is 5.76. The van der Waals surface area contributed by atoms with Gasteiger partial charge >= 0.3 is 0 Å². The van der Waals surface area contributed by atoms with Gasteiger partial charge in [0.1, 0.15) is 0 Å². The number of hydrogen-bond acceptors (Lipinski definition) is 3. The number of carbonyl (C=O) groups excluding carboxylic acids is 1. The Kier molecular flexibility index (Phi) is 5.76. The Morgan fingerprint density at radius 3 is 2.67 bits per heavy atom. The summed E-state index contributed by atoms with van der Waals surface area (Å²) in [4.78, 5) is 12.2. The number of nitrogens with one attached hydrogen (secondary N) is 2. The summed E-state index contributed by atoms with van der Waals surface area (Å²) in [5.74, 6) is 0.0275. The van der Waals surface area contributed by atoms with Crippen molar-refractivity contribution in [3.63, 3.8) is 0 Å². The molecule has 1 aliphatic rings. The van der Waals surface area contributed by atoms with E-state index >= 15 is 0 Å². The Morgan fingerprint density at radius 2 is 2.10 bits per heavy atom. The Morgan fingerprint density at radius 1 is 1.38 bits per heavy atom. The first kappa shape index (κ1) is 16.0. The Bertz CT molecular complexity index is 458. The molecule has 0 aromatic heterocycles. The van der Waals surface area contributed by atoms with Gasteiger partial charge in [0.25, 0.3) is 0 Å². The zero-order valence-electron chi connectivity index (χ0n) is 13.2. The average molecular weight is 290 g/mol. The van der Waals surface area contributed by atoms with Crippen molar-refractivity contribution in [2.75, 3.05) is 18.5 Å². The van der Waals surface area contributed by atoms with Crippen molar-refractivity contribution in [1.29, 1.82) is 0 Å². The fraction of sp³-hybridized carbons (Fsp3) is 0.588. The van der Waals surface area contributed by atoms with Crippen molar-refractivity contribution in [3.05, 3.63) is 29.8 Å². The Balaban J connectivity index is 1.91. The zero-order chi connectivity index (χ0) is 15.2. The number of carbonyl (C=O) groups is 1. The van der Waals surface area contributed by atoms with Gasteiger partial charge in [0, 0.05) is 18.3 Å². The zero-order valence-corrected chi connectivity index (χ0v) is 13.2. The van der Waals surface area contributed by atoms with Crippen molar-refractivity contribution in [3.8, 4) is 0 Å². The van der Waals surface area contributed by atoms with E-state index in [2.05, 4.69) is 36.6 Å². The monoisotopic (exact) mass is 290 g/mol. The highest BCUT2D eigenvalue weighted by Crippen LogP contribution is 2.23. The Labute approximate surface area is 127 Å². The molecule has 116 valence electrons. The van der Waals surface area contributed by atoms with Gasteiger partial charge in [-0.25, -0.2) is 0 Å². The minimum Gasteiger partial charge on any atom is -0.378 e. The van der Waals surface area contributed by atoms with Crippen molar-refractivity contribution in [2.45, 2.75) is 45.8 Å². The third-order valence-electron chi connectivity index (χ3n) is 4.09. The van der Waals surface area contributed by atoms with E-state index in [0.29, 0.717) is 12.6 Å². The maximum atomic E-state index is 12.2. The summed E-state index contributed by atoms with van der Waals surface area (Å²) in [5.41, 5.74) is 2.09. The molecule has 0 radical (unpaired) electrons. The molecule has 1 saturated heterocycles. The molecular formula is C17H26N2O2. The lowest BCUT2D eigenvalue weighted by Gasteiger charge is -2.16. The van der Waals surface area contributed by atoms with Crippen LogP contribution in [0.25, 0.3) is 0 Å². The first-order valence-electron chi connectivity index (χ1n) is 7.87. The van der Waals surface area contributed by atoms with E-state index in [1.165, 1.54) is 5.56 Å². The molecule has 1 aliphatic heterocycles. The minimum atomic E-state index is -0.0326. The van der Waals surface area contributed by atoms with Crippen LogP contribution in [0.2, 0.25) is 0 Å². The highest BCUT2D eigenvalue weighted by Gasteiger charge is 2.30. The minimum absolute atomic E-state index is 0.0162. The summed E-state index contributed by atoms with van der Waals surface area (Å²) in [6.45, 7) is 7.96. The van der Waals surface area contributed by atoms with Crippen LogP contribution in [0.4, 0.5) is 5.69 Å². The molecule has 3 unspecified atom stereocenters. The summed E-state index contributed by atoms with van der Waals surface area (Å²) in [7, 11) is 0. The third-order valence-corrected chi connectivity index (χ3v) is 4.09. The van der Waals surface area contributed by atoms with E-state index in [9.17, 15) is 4.79 Å². The second-order valence-corrected chi connectivity index (χ2v) is 5.76. The van der Waals surface area contributed by atoms with Crippen LogP contribution in [0.3, 0.4) is 0 Å². The Hall–Kier alpha value is -1.39. The molecule has 21 heavy (non-hydrogen) atoms. The number of benzene rings is 1. The topological polar surface area (TPSA) is 50.4 Å². The van der Waals surface area contributed by atoms with E-state index in [-0.39, 0.29) is 17.9 Å². The predicted molar refractivity (Wildman–Crippen MR) is 85.3 cm³/mol. The van der Waals surface area contributed by atoms with E-state index in [0.717, 1.165) is 25.1 Å². The molecule has 1 fully saturated rings. The van der Waals surface area contributed by atoms with Crippen LogP contribution in [0.1, 0.15) is 45.2 Å². The van der Waals surface area contributed by atoms with Gasteiger partial charge in [0.2, 0.25) is 5.91 Å². The maximum absolute atomic E-state index is 12.2. The number of amides is 1. The predicted octanol–water partition coefficient (Wildman–Crippen LogP) is 3.11. The molecule has 0 saturated carbocycles. The number of ether oxygens (including phenoxy) is 1. The number of hydrogen-bond donors (Lipinski definition) is 2. The molecule has 4 heteroatoms. The van der Waals surface area contributed by atoms with Gasteiger partial charge in [0.15, 0.2) is 0 Å². The molecule has 1 heterocycles. The SMILES string of the molecule is CCCNC(C)c1ccc(NC(=O)C2CCOC2C)cc1. The summed E-state index contributed by atoms with van der Waals surface area (Å²) in [5, 5.41) is 6.44. The molecule has 2 N–H and O–H groups in total. The summed E-state index contributed by atoms with van der Waals surface area (Å²) in [6, 6.07) is 8.41. The average Bonchev–Trinajstić information content (AvgIpc) is 2.91. The first-order valence-corrected chi connectivity index (χ1v) is 7.87. The molecule has 1 aromatic carbocycles. The summed E-state index contributed by atoms with van der Waals surface area (Å²) >= 11 is 0. The largest absolute Gasteiger partial charge is 0.378 e. The second kappa shape index (κ2) is 7.57. The van der Waals surface area contributed by atoms with Crippen molar-refractivity contribution in [1.82, 2.24) is 5.32 Å². The van der Waals surface area contributed by atoms with Gasteiger partial charge in [-0.2, -0.15) is 0 Å². The van der Waals surface area contributed by atoms with E-state index in [1.807, 2.05) is 19.1 Å². The third kappa shape index (κ3) is 4.29. The fourth-order valence-electron chi connectivity index (χ4n) is 2.64. The number of rotatable bonds is 6. The van der Waals surface area contributed by atoms with Crippen LogP contribution in [0, 0.1) is 5.92 Å². The van der Waals surface area contributed by atoms with Gasteiger partial charge in [-0.05, 0) is 50.9 Å². The molecule has 4 nitrogen and oxygen atoms in total. The van der Waals surface area contributed by atoms with Crippen LogP contribution in [0.15, 0.2) is 24.3 Å². The van der Waals surface area contributed by atoms with E-state index < -0.39 is 0 Å². The van der Waals surface area contributed by atoms with Crippen LogP contribution in [-0.4, -0.2) is 25.2 Å². The lowest BCUT2D eigenvalue weighted by molar-refractivity contribution is -0.121. The van der Waals surface area contributed by atoms with E-state index in [4.69, 9.17) is 4.74 Å². The van der Waals surface area contributed by atoms with Gasteiger partial charge in [-0.3, -0.25) is 4.79 Å². The summed E-state index contributed by atoms with van der Waals surface area (Å²) < 4.78 is 5.44. The summed E-state index contributed by atoms with van der Waals surface area (Å²) in [6.07, 6.45) is 1.95. The molecular weight excluding hydrogens is 264 g/mol.